The number of aromatic nitrogens is 3. The van der Waals surface area contributed by atoms with Crippen LogP contribution in [0.15, 0.2) is 34.2 Å². The Bertz CT molecular complexity index is 902. The zero-order valence-electron chi connectivity index (χ0n) is 15.8. The number of benzene rings is 1. The van der Waals surface area contributed by atoms with Crippen LogP contribution in [0.4, 0.5) is 0 Å². The van der Waals surface area contributed by atoms with Crippen molar-refractivity contribution in [1.82, 2.24) is 25.4 Å². The van der Waals surface area contributed by atoms with Gasteiger partial charge in [-0.2, -0.15) is 0 Å². The van der Waals surface area contributed by atoms with E-state index in [-0.39, 0.29) is 0 Å². The minimum Gasteiger partial charge on any atom is -0.357 e. The molecule has 3 rings (SSSR count). The third-order valence-corrected chi connectivity index (χ3v) is 5.60. The SMILES string of the molecule is CCNC(=NCc1nnc2n1CCC2)NCCc1ccc(S(C)(=O)=O)cc1. The van der Waals surface area contributed by atoms with Gasteiger partial charge in [-0.05, 0) is 37.5 Å². The molecule has 0 bridgehead atoms. The summed E-state index contributed by atoms with van der Waals surface area (Å²) >= 11 is 0. The van der Waals surface area contributed by atoms with E-state index in [0.29, 0.717) is 18.0 Å². The maximum absolute atomic E-state index is 11.5. The highest BCUT2D eigenvalue weighted by atomic mass is 32.2. The van der Waals surface area contributed by atoms with Crippen LogP contribution in [0, 0.1) is 0 Å². The average molecular weight is 391 g/mol. The second-order valence-electron chi connectivity index (χ2n) is 6.58. The summed E-state index contributed by atoms with van der Waals surface area (Å²) in [7, 11) is -3.15. The molecule has 0 atom stereocenters. The number of rotatable bonds is 7. The first-order valence-electron chi connectivity index (χ1n) is 9.19. The minimum atomic E-state index is -3.15. The van der Waals surface area contributed by atoms with Crippen LogP contribution in [-0.4, -0.2) is 48.5 Å². The van der Waals surface area contributed by atoms with E-state index in [1.54, 1.807) is 12.1 Å². The van der Waals surface area contributed by atoms with Gasteiger partial charge in [0, 0.05) is 32.3 Å². The second-order valence-corrected chi connectivity index (χ2v) is 8.59. The summed E-state index contributed by atoms with van der Waals surface area (Å²) in [5.41, 5.74) is 1.07. The Labute approximate surface area is 160 Å². The van der Waals surface area contributed by atoms with E-state index in [9.17, 15) is 8.42 Å². The third-order valence-electron chi connectivity index (χ3n) is 4.47. The van der Waals surface area contributed by atoms with E-state index in [1.165, 1.54) is 6.26 Å². The Morgan fingerprint density at radius 1 is 1.22 bits per heavy atom. The van der Waals surface area contributed by atoms with Gasteiger partial charge in [0.2, 0.25) is 0 Å². The maximum Gasteiger partial charge on any atom is 0.191 e. The third kappa shape index (κ3) is 5.06. The van der Waals surface area contributed by atoms with Crippen LogP contribution in [0.3, 0.4) is 0 Å². The van der Waals surface area contributed by atoms with Crippen molar-refractivity contribution in [3.63, 3.8) is 0 Å². The molecule has 0 radical (unpaired) electrons. The number of nitrogens with one attached hydrogen (secondary N) is 2. The van der Waals surface area contributed by atoms with Gasteiger partial charge < -0.3 is 15.2 Å². The monoisotopic (exact) mass is 390 g/mol. The molecule has 0 saturated heterocycles. The van der Waals surface area contributed by atoms with Gasteiger partial charge in [-0.15, -0.1) is 10.2 Å². The Hall–Kier alpha value is -2.42. The fraction of sp³-hybridized carbons (Fsp3) is 0.500. The summed E-state index contributed by atoms with van der Waals surface area (Å²) in [5, 5.41) is 15.0. The Balaban J connectivity index is 1.55. The molecule has 2 heterocycles. The van der Waals surface area contributed by atoms with Crippen molar-refractivity contribution in [3.05, 3.63) is 41.5 Å². The largest absolute Gasteiger partial charge is 0.357 e. The van der Waals surface area contributed by atoms with Crippen molar-refractivity contribution in [3.8, 4) is 0 Å². The van der Waals surface area contributed by atoms with Gasteiger partial charge in [0.25, 0.3) is 0 Å². The molecule has 2 N–H and O–H groups in total. The highest BCUT2D eigenvalue weighted by Gasteiger charge is 2.16. The van der Waals surface area contributed by atoms with Crippen LogP contribution >= 0.6 is 0 Å². The topological polar surface area (TPSA) is 101 Å². The van der Waals surface area contributed by atoms with Gasteiger partial charge in [0.15, 0.2) is 21.6 Å². The smallest absolute Gasteiger partial charge is 0.191 e. The minimum absolute atomic E-state index is 0.343. The van der Waals surface area contributed by atoms with Crippen LogP contribution in [-0.2, 0) is 35.8 Å². The zero-order chi connectivity index (χ0) is 19.3. The first-order chi connectivity index (χ1) is 13.0. The van der Waals surface area contributed by atoms with E-state index in [2.05, 4.69) is 30.4 Å². The van der Waals surface area contributed by atoms with Crippen molar-refractivity contribution in [2.45, 2.75) is 44.2 Å². The quantitative estimate of drug-likeness (QED) is 0.539. The van der Waals surface area contributed by atoms with Crippen LogP contribution in [0.25, 0.3) is 0 Å². The number of hydrogen-bond donors (Lipinski definition) is 2. The fourth-order valence-corrected chi connectivity index (χ4v) is 3.68. The number of aliphatic imine (C=N–C) groups is 1. The molecule has 0 unspecified atom stereocenters. The molecule has 0 saturated carbocycles. The maximum atomic E-state index is 11.5. The van der Waals surface area contributed by atoms with E-state index >= 15 is 0 Å². The highest BCUT2D eigenvalue weighted by molar-refractivity contribution is 7.90. The molecule has 1 aromatic heterocycles. The fourth-order valence-electron chi connectivity index (χ4n) is 3.05. The van der Waals surface area contributed by atoms with Crippen LogP contribution in [0.5, 0.6) is 0 Å². The molecule has 2 aromatic rings. The number of hydrogen-bond acceptors (Lipinski definition) is 5. The number of guanidine groups is 1. The van der Waals surface area contributed by atoms with Gasteiger partial charge in [0.05, 0.1) is 4.90 Å². The van der Waals surface area contributed by atoms with Crippen molar-refractivity contribution in [1.29, 1.82) is 0 Å². The van der Waals surface area contributed by atoms with Gasteiger partial charge in [0.1, 0.15) is 12.4 Å². The van der Waals surface area contributed by atoms with Crippen LogP contribution < -0.4 is 10.6 Å². The number of nitrogens with zero attached hydrogens (tertiary/aromatic N) is 4. The summed E-state index contributed by atoms with van der Waals surface area (Å²) < 4.78 is 25.2. The number of fused-ring (bicyclic) bond motifs is 1. The molecule has 0 amide bonds. The second kappa shape index (κ2) is 8.51. The van der Waals surface area contributed by atoms with E-state index < -0.39 is 9.84 Å². The lowest BCUT2D eigenvalue weighted by molar-refractivity contribution is 0.602. The Kier molecular flexibility index (Phi) is 6.10. The van der Waals surface area contributed by atoms with E-state index in [4.69, 9.17) is 0 Å². The van der Waals surface area contributed by atoms with Crippen molar-refractivity contribution in [2.24, 2.45) is 4.99 Å². The zero-order valence-corrected chi connectivity index (χ0v) is 16.6. The van der Waals surface area contributed by atoms with Crippen molar-refractivity contribution < 1.29 is 8.42 Å². The molecule has 146 valence electrons. The molecule has 1 aromatic carbocycles. The van der Waals surface area contributed by atoms with Gasteiger partial charge in [-0.3, -0.25) is 0 Å². The van der Waals surface area contributed by atoms with E-state index in [1.807, 2.05) is 19.1 Å². The summed E-state index contributed by atoms with van der Waals surface area (Å²) in [6.45, 7) is 4.96. The standard InChI is InChI=1S/C18H26N6O2S/c1-3-19-18(21-13-17-23-22-16-5-4-12-24(16)17)20-11-10-14-6-8-15(9-7-14)27(2,25)26/h6-9H,3-5,10-13H2,1-2H3,(H2,19,20,21). The summed E-state index contributed by atoms with van der Waals surface area (Å²) in [5.74, 6) is 2.69. The van der Waals surface area contributed by atoms with Crippen molar-refractivity contribution in [2.75, 3.05) is 19.3 Å². The molecule has 1 aliphatic heterocycles. The lowest BCUT2D eigenvalue weighted by Gasteiger charge is -2.11. The van der Waals surface area contributed by atoms with Crippen LogP contribution in [0.1, 0.15) is 30.6 Å². The lowest BCUT2D eigenvalue weighted by atomic mass is 10.1. The predicted molar refractivity (Wildman–Crippen MR) is 104 cm³/mol. The van der Waals surface area contributed by atoms with Gasteiger partial charge in [-0.25, -0.2) is 13.4 Å². The Morgan fingerprint density at radius 3 is 2.70 bits per heavy atom. The summed E-state index contributed by atoms with van der Waals surface area (Å²) in [6.07, 6.45) is 4.10. The Morgan fingerprint density at radius 2 is 2.00 bits per heavy atom. The van der Waals surface area contributed by atoms with E-state index in [0.717, 1.165) is 55.5 Å². The normalized spacial score (nSPS) is 14.2. The van der Waals surface area contributed by atoms with Crippen molar-refractivity contribution >= 4 is 15.8 Å². The number of aryl methyl sites for hydroxylation is 1. The summed E-state index contributed by atoms with van der Waals surface area (Å²) in [6, 6.07) is 6.99. The summed E-state index contributed by atoms with van der Waals surface area (Å²) in [4.78, 5) is 4.95. The first-order valence-corrected chi connectivity index (χ1v) is 11.1. The molecule has 0 fully saturated rings. The molecular formula is C18H26N6O2S. The average Bonchev–Trinajstić information content (AvgIpc) is 3.23. The molecule has 0 aliphatic carbocycles. The molecular weight excluding hydrogens is 364 g/mol. The molecule has 9 heteroatoms. The van der Waals surface area contributed by atoms with Gasteiger partial charge >= 0.3 is 0 Å². The molecule has 1 aliphatic rings. The first kappa shape index (κ1) is 19.3. The lowest BCUT2D eigenvalue weighted by Crippen LogP contribution is -2.38. The molecule has 8 nitrogen and oxygen atoms in total. The highest BCUT2D eigenvalue weighted by Crippen LogP contribution is 2.14. The van der Waals surface area contributed by atoms with Gasteiger partial charge in [-0.1, -0.05) is 12.1 Å². The van der Waals surface area contributed by atoms with Crippen LogP contribution in [0.2, 0.25) is 0 Å². The number of sulfone groups is 1. The molecule has 0 spiro atoms. The predicted octanol–water partition coefficient (Wildman–Crippen LogP) is 0.926. The molecule has 27 heavy (non-hydrogen) atoms.